The molecule has 0 radical (unpaired) electrons. The van der Waals surface area contributed by atoms with Crippen LogP contribution in [0.15, 0.2) is 42.5 Å². The molecule has 2 aromatic rings. The largest absolute Gasteiger partial charge is 0.416 e. The third-order valence-electron chi connectivity index (χ3n) is 6.98. The molecule has 40 heavy (non-hydrogen) atoms. The van der Waals surface area contributed by atoms with Gasteiger partial charge in [-0.05, 0) is 68.5 Å². The van der Waals surface area contributed by atoms with Gasteiger partial charge in [0.15, 0.2) is 0 Å². The van der Waals surface area contributed by atoms with Gasteiger partial charge in [0.2, 0.25) is 11.8 Å². The number of alkyl halides is 3. The van der Waals surface area contributed by atoms with Crippen molar-refractivity contribution in [1.29, 1.82) is 0 Å². The van der Waals surface area contributed by atoms with Crippen molar-refractivity contribution in [3.63, 3.8) is 0 Å². The fourth-order valence-corrected chi connectivity index (χ4v) is 5.02. The second kappa shape index (κ2) is 11.8. The van der Waals surface area contributed by atoms with E-state index in [0.29, 0.717) is 24.6 Å². The molecule has 4 rings (SSSR count). The van der Waals surface area contributed by atoms with E-state index in [-0.39, 0.29) is 50.0 Å². The molecule has 2 aliphatic heterocycles. The lowest BCUT2D eigenvalue weighted by Gasteiger charge is -2.52. The van der Waals surface area contributed by atoms with Crippen molar-refractivity contribution in [2.75, 3.05) is 33.7 Å². The molecule has 13 heteroatoms. The lowest BCUT2D eigenvalue weighted by Crippen LogP contribution is -2.72. The number of hydrogen-bond acceptors (Lipinski definition) is 4. The maximum atomic E-state index is 13.8. The monoisotopic (exact) mass is 567 g/mol. The highest BCUT2D eigenvalue weighted by Gasteiger charge is 2.48. The Morgan fingerprint density at radius 2 is 1.73 bits per heavy atom. The van der Waals surface area contributed by atoms with Crippen molar-refractivity contribution in [2.24, 2.45) is 0 Å². The molecule has 2 atom stereocenters. The van der Waals surface area contributed by atoms with E-state index in [0.717, 1.165) is 12.1 Å². The lowest BCUT2D eigenvalue weighted by molar-refractivity contribution is -0.167. The summed E-state index contributed by atoms with van der Waals surface area (Å²) in [5.41, 5.74) is -0.581. The van der Waals surface area contributed by atoms with Crippen LogP contribution >= 0.6 is 0 Å². The third kappa shape index (κ3) is 6.69. The highest BCUT2D eigenvalue weighted by atomic mass is 19.4. The quantitative estimate of drug-likeness (QED) is 0.521. The standard InChI is InChI=1S/C27H30F5N5O3/c1-34(2)9-7-22-25(39)35(15-17-3-5-20(28)6-4-17)16-23-36(10-8-24(38)37(22)23)26(40)33-14-18-11-19(27(30,31)32)13-21(29)12-18/h3-6,11-13,22-23H,7-10,14-16H2,1-2H3,(H,33,40)/t22-,23+/m0/s1. The predicted molar refractivity (Wildman–Crippen MR) is 134 cm³/mol. The summed E-state index contributed by atoms with van der Waals surface area (Å²) in [6, 6.07) is 6.19. The van der Waals surface area contributed by atoms with Gasteiger partial charge in [0.05, 0.1) is 12.1 Å². The van der Waals surface area contributed by atoms with Crippen molar-refractivity contribution in [3.05, 3.63) is 70.8 Å². The minimum atomic E-state index is -4.75. The van der Waals surface area contributed by atoms with E-state index in [1.807, 2.05) is 19.0 Å². The highest BCUT2D eigenvalue weighted by Crippen LogP contribution is 2.31. The van der Waals surface area contributed by atoms with Crippen LogP contribution in [0.4, 0.5) is 26.7 Å². The lowest BCUT2D eigenvalue weighted by atomic mass is 10.0. The molecule has 2 fully saturated rings. The molecule has 4 amide bonds. The van der Waals surface area contributed by atoms with Crippen LogP contribution in [0.3, 0.4) is 0 Å². The van der Waals surface area contributed by atoms with Crippen LogP contribution in [0.25, 0.3) is 0 Å². The number of piperazine rings is 1. The van der Waals surface area contributed by atoms with Gasteiger partial charge in [-0.15, -0.1) is 0 Å². The Hall–Kier alpha value is -3.74. The molecule has 8 nitrogen and oxygen atoms in total. The van der Waals surface area contributed by atoms with Crippen LogP contribution in [-0.2, 0) is 28.9 Å². The van der Waals surface area contributed by atoms with E-state index in [1.165, 1.54) is 26.8 Å². The predicted octanol–water partition coefficient (Wildman–Crippen LogP) is 3.42. The second-order valence-corrected chi connectivity index (χ2v) is 10.2. The second-order valence-electron chi connectivity index (χ2n) is 10.2. The summed E-state index contributed by atoms with van der Waals surface area (Å²) in [5.74, 6) is -2.09. The van der Waals surface area contributed by atoms with Crippen LogP contribution < -0.4 is 5.32 Å². The molecule has 0 aromatic heterocycles. The van der Waals surface area contributed by atoms with Gasteiger partial charge in [0, 0.05) is 26.1 Å². The van der Waals surface area contributed by atoms with Gasteiger partial charge in [-0.3, -0.25) is 9.59 Å². The maximum Gasteiger partial charge on any atom is 0.416 e. The number of nitrogens with zero attached hydrogens (tertiary/aromatic N) is 4. The normalized spacial score (nSPS) is 19.8. The number of carbonyl (C=O) groups is 3. The van der Waals surface area contributed by atoms with Gasteiger partial charge in [0.1, 0.15) is 23.8 Å². The molecule has 0 bridgehead atoms. The Bertz CT molecular complexity index is 1250. The fraction of sp³-hybridized carbons (Fsp3) is 0.444. The van der Waals surface area contributed by atoms with E-state index in [9.17, 15) is 36.3 Å². The first kappa shape index (κ1) is 29.2. The van der Waals surface area contributed by atoms with Crippen LogP contribution in [-0.4, -0.2) is 83.4 Å². The number of carbonyl (C=O) groups excluding carboxylic acids is 3. The van der Waals surface area contributed by atoms with E-state index in [1.54, 1.807) is 12.1 Å². The Labute approximate surface area is 228 Å². The zero-order chi connectivity index (χ0) is 29.2. The first-order chi connectivity index (χ1) is 18.8. The number of fused-ring (bicyclic) bond motifs is 1. The number of benzene rings is 2. The molecule has 2 saturated heterocycles. The molecule has 216 valence electrons. The summed E-state index contributed by atoms with van der Waals surface area (Å²) in [6.45, 7) is 0.270. The molecule has 2 heterocycles. The van der Waals surface area contributed by atoms with Crippen molar-refractivity contribution >= 4 is 17.8 Å². The molecule has 0 unspecified atom stereocenters. The number of nitrogens with one attached hydrogen (secondary N) is 1. The SMILES string of the molecule is CN(C)CC[C@H]1C(=O)N(Cc2ccc(F)cc2)C[C@@H]2N(C(=O)NCc3cc(F)cc(C(F)(F)F)c3)CCC(=O)N21. The average molecular weight is 568 g/mol. The van der Waals surface area contributed by atoms with Gasteiger partial charge in [-0.25, -0.2) is 13.6 Å². The number of hydrogen-bond donors (Lipinski definition) is 1. The van der Waals surface area contributed by atoms with Gasteiger partial charge >= 0.3 is 12.2 Å². The molecular formula is C27H30F5N5O3. The minimum absolute atomic E-state index is 0.00792. The third-order valence-corrected chi connectivity index (χ3v) is 6.98. The summed E-state index contributed by atoms with van der Waals surface area (Å²) < 4.78 is 66.6. The average Bonchev–Trinajstić information content (AvgIpc) is 2.88. The first-order valence-corrected chi connectivity index (χ1v) is 12.7. The zero-order valence-electron chi connectivity index (χ0n) is 22.0. The Kier molecular flexibility index (Phi) is 8.62. The Morgan fingerprint density at radius 1 is 1.02 bits per heavy atom. The van der Waals surface area contributed by atoms with Gasteiger partial charge in [-0.1, -0.05) is 12.1 Å². The Morgan fingerprint density at radius 3 is 2.38 bits per heavy atom. The van der Waals surface area contributed by atoms with Crippen molar-refractivity contribution < 1.29 is 36.3 Å². The van der Waals surface area contributed by atoms with Crippen molar-refractivity contribution in [3.8, 4) is 0 Å². The number of urea groups is 1. The topological polar surface area (TPSA) is 76.2 Å². The fourth-order valence-electron chi connectivity index (χ4n) is 5.02. The number of halogens is 5. The van der Waals surface area contributed by atoms with Gasteiger partial charge < -0.3 is 24.9 Å². The van der Waals surface area contributed by atoms with Crippen molar-refractivity contribution in [1.82, 2.24) is 24.9 Å². The summed E-state index contributed by atoms with van der Waals surface area (Å²) in [6.07, 6.45) is -5.30. The van der Waals surface area contributed by atoms with Crippen LogP contribution in [0.5, 0.6) is 0 Å². The van der Waals surface area contributed by atoms with E-state index in [2.05, 4.69) is 5.32 Å². The number of amides is 4. The summed E-state index contributed by atoms with van der Waals surface area (Å²) >= 11 is 0. The smallest absolute Gasteiger partial charge is 0.334 e. The van der Waals surface area contributed by atoms with Crippen LogP contribution in [0.2, 0.25) is 0 Å². The summed E-state index contributed by atoms with van der Waals surface area (Å²) in [7, 11) is 3.66. The molecule has 0 saturated carbocycles. The zero-order valence-corrected chi connectivity index (χ0v) is 22.0. The number of rotatable bonds is 7. The summed E-state index contributed by atoms with van der Waals surface area (Å²) in [4.78, 5) is 46.0. The van der Waals surface area contributed by atoms with E-state index < -0.39 is 41.6 Å². The Balaban J connectivity index is 1.56. The molecule has 2 aromatic carbocycles. The minimum Gasteiger partial charge on any atom is -0.334 e. The van der Waals surface area contributed by atoms with E-state index in [4.69, 9.17) is 0 Å². The summed E-state index contributed by atoms with van der Waals surface area (Å²) in [5, 5.41) is 2.53. The highest BCUT2D eigenvalue weighted by molar-refractivity contribution is 5.91. The molecule has 0 spiro atoms. The maximum absolute atomic E-state index is 13.8. The first-order valence-electron chi connectivity index (χ1n) is 12.7. The van der Waals surface area contributed by atoms with E-state index >= 15 is 0 Å². The van der Waals surface area contributed by atoms with Gasteiger partial charge in [0.25, 0.3) is 0 Å². The van der Waals surface area contributed by atoms with Crippen LogP contribution in [0.1, 0.15) is 29.5 Å². The van der Waals surface area contributed by atoms with Gasteiger partial charge in [-0.2, -0.15) is 13.2 Å². The molecule has 2 aliphatic rings. The molecular weight excluding hydrogens is 537 g/mol. The molecule has 1 N–H and O–H groups in total. The molecule has 0 aliphatic carbocycles. The van der Waals surface area contributed by atoms with Crippen LogP contribution in [0, 0.1) is 11.6 Å². The van der Waals surface area contributed by atoms with Crippen molar-refractivity contribution in [2.45, 2.75) is 44.3 Å².